The maximum absolute atomic E-state index is 6.12. The Morgan fingerprint density at radius 2 is 1.52 bits per heavy atom. The summed E-state index contributed by atoms with van der Waals surface area (Å²) in [5.41, 5.74) is 6.67. The minimum Gasteiger partial charge on any atom is -0.393 e. The highest BCUT2D eigenvalue weighted by atomic mass is 16.5. The smallest absolute Gasteiger partial charge is 0.154 e. The van der Waals surface area contributed by atoms with Crippen LogP contribution < -0.4 is 16.4 Å². The lowest BCUT2D eigenvalue weighted by molar-refractivity contribution is 0.120. The zero-order valence-corrected chi connectivity index (χ0v) is 12.2. The summed E-state index contributed by atoms with van der Waals surface area (Å²) in [5, 5.41) is 6.50. The SMILES string of the molecule is Nc1c(NCC2CCCO2)ncnc1NCC1CCCO1. The van der Waals surface area contributed by atoms with Crippen LogP contribution in [0.5, 0.6) is 0 Å². The Kier molecular flexibility index (Phi) is 4.72. The van der Waals surface area contributed by atoms with Crippen LogP contribution in [0.1, 0.15) is 25.7 Å². The first-order chi connectivity index (χ1) is 10.3. The molecule has 0 radical (unpaired) electrons. The van der Waals surface area contributed by atoms with Crippen LogP contribution in [0.4, 0.5) is 17.3 Å². The van der Waals surface area contributed by atoms with Gasteiger partial charge in [0, 0.05) is 26.3 Å². The van der Waals surface area contributed by atoms with E-state index in [1.165, 1.54) is 6.33 Å². The fourth-order valence-corrected chi connectivity index (χ4v) is 2.71. The lowest BCUT2D eigenvalue weighted by atomic mass is 10.2. The van der Waals surface area contributed by atoms with Crippen LogP contribution >= 0.6 is 0 Å². The molecule has 2 aliphatic rings. The molecule has 0 aromatic carbocycles. The number of nitrogens with one attached hydrogen (secondary N) is 2. The second-order valence-electron chi connectivity index (χ2n) is 5.52. The molecule has 4 N–H and O–H groups in total. The van der Waals surface area contributed by atoms with Gasteiger partial charge in [0.2, 0.25) is 0 Å². The van der Waals surface area contributed by atoms with Crippen molar-refractivity contribution in [3.8, 4) is 0 Å². The third kappa shape index (κ3) is 3.74. The summed E-state index contributed by atoms with van der Waals surface area (Å²) in [6, 6.07) is 0. The van der Waals surface area contributed by atoms with Gasteiger partial charge in [0.05, 0.1) is 12.2 Å². The standard InChI is InChI=1S/C14H23N5O2/c15-12-13(16-7-10-3-1-5-20-10)18-9-19-14(12)17-8-11-4-2-6-21-11/h9-11H,1-8,15H2,(H2,16,17,18,19). The molecule has 3 heterocycles. The van der Waals surface area contributed by atoms with Crippen molar-refractivity contribution in [2.75, 3.05) is 42.7 Å². The quantitative estimate of drug-likeness (QED) is 0.726. The molecule has 0 amide bonds. The lowest BCUT2D eigenvalue weighted by Crippen LogP contribution is -2.22. The molecule has 1 aromatic rings. The van der Waals surface area contributed by atoms with Crippen molar-refractivity contribution in [3.05, 3.63) is 6.33 Å². The van der Waals surface area contributed by atoms with E-state index in [9.17, 15) is 0 Å². The first-order valence-corrected chi connectivity index (χ1v) is 7.64. The Balaban J connectivity index is 1.55. The van der Waals surface area contributed by atoms with E-state index in [0.29, 0.717) is 17.3 Å². The molecular formula is C14H23N5O2. The Labute approximate surface area is 124 Å². The van der Waals surface area contributed by atoms with Gasteiger partial charge in [-0.2, -0.15) is 0 Å². The molecule has 116 valence electrons. The molecule has 2 aliphatic heterocycles. The molecule has 1 aromatic heterocycles. The second kappa shape index (κ2) is 6.91. The summed E-state index contributed by atoms with van der Waals surface area (Å²) < 4.78 is 11.2. The van der Waals surface area contributed by atoms with Gasteiger partial charge in [-0.15, -0.1) is 0 Å². The summed E-state index contributed by atoms with van der Waals surface area (Å²) in [6.45, 7) is 3.15. The van der Waals surface area contributed by atoms with Crippen molar-refractivity contribution in [2.45, 2.75) is 37.9 Å². The Morgan fingerprint density at radius 3 is 1.95 bits per heavy atom. The zero-order chi connectivity index (χ0) is 14.5. The number of rotatable bonds is 6. The molecule has 21 heavy (non-hydrogen) atoms. The highest BCUT2D eigenvalue weighted by molar-refractivity contribution is 5.73. The Morgan fingerprint density at radius 1 is 1.00 bits per heavy atom. The van der Waals surface area contributed by atoms with Gasteiger partial charge in [0.15, 0.2) is 11.6 Å². The minimum absolute atomic E-state index is 0.252. The molecule has 0 saturated carbocycles. The second-order valence-corrected chi connectivity index (χ2v) is 5.52. The zero-order valence-electron chi connectivity index (χ0n) is 12.2. The maximum atomic E-state index is 6.12. The number of nitrogens with two attached hydrogens (primary N) is 1. The summed E-state index contributed by atoms with van der Waals surface area (Å²) in [6.07, 6.45) is 6.45. The van der Waals surface area contributed by atoms with Gasteiger partial charge in [0.25, 0.3) is 0 Å². The maximum Gasteiger partial charge on any atom is 0.154 e. The summed E-state index contributed by atoms with van der Waals surface area (Å²) >= 11 is 0. The van der Waals surface area contributed by atoms with Crippen LogP contribution in [-0.2, 0) is 9.47 Å². The van der Waals surface area contributed by atoms with E-state index < -0.39 is 0 Å². The van der Waals surface area contributed by atoms with Gasteiger partial charge in [-0.3, -0.25) is 0 Å². The molecule has 2 unspecified atom stereocenters. The number of aromatic nitrogens is 2. The van der Waals surface area contributed by atoms with E-state index in [0.717, 1.165) is 52.0 Å². The van der Waals surface area contributed by atoms with Crippen molar-refractivity contribution < 1.29 is 9.47 Å². The molecule has 2 saturated heterocycles. The fourth-order valence-electron chi connectivity index (χ4n) is 2.71. The molecular weight excluding hydrogens is 270 g/mol. The summed E-state index contributed by atoms with van der Waals surface area (Å²) in [5.74, 6) is 1.32. The molecule has 7 heteroatoms. The number of hydrogen-bond donors (Lipinski definition) is 3. The highest BCUT2D eigenvalue weighted by Crippen LogP contribution is 2.24. The van der Waals surface area contributed by atoms with Crippen LogP contribution in [0, 0.1) is 0 Å². The van der Waals surface area contributed by atoms with Crippen molar-refractivity contribution in [3.63, 3.8) is 0 Å². The van der Waals surface area contributed by atoms with Crippen LogP contribution in [0.15, 0.2) is 6.33 Å². The van der Waals surface area contributed by atoms with Crippen molar-refractivity contribution in [2.24, 2.45) is 0 Å². The third-order valence-electron chi connectivity index (χ3n) is 3.93. The van der Waals surface area contributed by atoms with Gasteiger partial charge in [-0.1, -0.05) is 0 Å². The van der Waals surface area contributed by atoms with E-state index >= 15 is 0 Å². The lowest BCUT2D eigenvalue weighted by Gasteiger charge is -2.16. The van der Waals surface area contributed by atoms with Crippen LogP contribution in [0.3, 0.4) is 0 Å². The molecule has 0 bridgehead atoms. The molecule has 7 nitrogen and oxygen atoms in total. The molecule has 2 atom stereocenters. The van der Waals surface area contributed by atoms with Gasteiger partial charge in [-0.25, -0.2) is 9.97 Å². The number of nitrogen functional groups attached to an aromatic ring is 1. The largest absolute Gasteiger partial charge is 0.393 e. The summed E-state index contributed by atoms with van der Waals surface area (Å²) in [4.78, 5) is 8.41. The number of hydrogen-bond acceptors (Lipinski definition) is 7. The van der Waals surface area contributed by atoms with Gasteiger partial charge < -0.3 is 25.8 Å². The van der Waals surface area contributed by atoms with E-state index in [4.69, 9.17) is 15.2 Å². The number of anilines is 3. The highest BCUT2D eigenvalue weighted by Gasteiger charge is 2.18. The number of nitrogens with zero attached hydrogens (tertiary/aromatic N) is 2. The number of ether oxygens (including phenoxy) is 2. The first-order valence-electron chi connectivity index (χ1n) is 7.64. The third-order valence-corrected chi connectivity index (χ3v) is 3.93. The van der Waals surface area contributed by atoms with Crippen LogP contribution in [0.2, 0.25) is 0 Å². The van der Waals surface area contributed by atoms with E-state index in [1.54, 1.807) is 0 Å². The monoisotopic (exact) mass is 293 g/mol. The molecule has 3 rings (SSSR count). The predicted molar refractivity (Wildman–Crippen MR) is 81.4 cm³/mol. The first kappa shape index (κ1) is 14.3. The van der Waals surface area contributed by atoms with E-state index in [1.807, 2.05) is 0 Å². The average Bonchev–Trinajstić information content (AvgIpc) is 3.18. The Bertz CT molecular complexity index is 420. The van der Waals surface area contributed by atoms with Gasteiger partial charge in [0.1, 0.15) is 12.0 Å². The predicted octanol–water partition coefficient (Wildman–Crippen LogP) is 1.24. The normalized spacial score (nSPS) is 25.1. The van der Waals surface area contributed by atoms with Crippen molar-refractivity contribution >= 4 is 17.3 Å². The molecule has 0 aliphatic carbocycles. The average molecular weight is 293 g/mol. The Hall–Kier alpha value is -1.60. The van der Waals surface area contributed by atoms with Crippen LogP contribution in [-0.4, -0.2) is 48.5 Å². The van der Waals surface area contributed by atoms with Crippen molar-refractivity contribution in [1.82, 2.24) is 9.97 Å². The van der Waals surface area contributed by atoms with Crippen molar-refractivity contribution in [1.29, 1.82) is 0 Å². The summed E-state index contributed by atoms with van der Waals surface area (Å²) in [7, 11) is 0. The molecule has 2 fully saturated rings. The molecule has 0 spiro atoms. The van der Waals surface area contributed by atoms with E-state index in [2.05, 4.69) is 20.6 Å². The van der Waals surface area contributed by atoms with Gasteiger partial charge in [-0.05, 0) is 25.7 Å². The van der Waals surface area contributed by atoms with E-state index in [-0.39, 0.29) is 12.2 Å². The minimum atomic E-state index is 0.252. The van der Waals surface area contributed by atoms with Gasteiger partial charge >= 0.3 is 0 Å². The topological polar surface area (TPSA) is 94.3 Å². The van der Waals surface area contributed by atoms with Crippen LogP contribution in [0.25, 0.3) is 0 Å². The fraction of sp³-hybridized carbons (Fsp3) is 0.714.